The van der Waals surface area contributed by atoms with Crippen LogP contribution in [0.4, 0.5) is 0 Å². The molecule has 1 heterocycles. The van der Waals surface area contributed by atoms with Crippen LogP contribution in [0.25, 0.3) is 0 Å². The molecule has 0 fully saturated rings. The van der Waals surface area contributed by atoms with Crippen LogP contribution in [0.5, 0.6) is 11.5 Å². The first-order chi connectivity index (χ1) is 10.3. The first kappa shape index (κ1) is 13.5. The molecule has 1 unspecified atom stereocenters. The number of hydrogen-bond acceptors (Lipinski definition) is 4. The number of hydrogen-bond donors (Lipinski definition) is 0. The van der Waals surface area contributed by atoms with E-state index in [1.807, 2.05) is 48.5 Å². The summed E-state index contributed by atoms with van der Waals surface area (Å²) in [5.41, 5.74) is 2.96. The summed E-state index contributed by atoms with van der Waals surface area (Å²) >= 11 is 0. The molecule has 1 aliphatic rings. The summed E-state index contributed by atoms with van der Waals surface area (Å²) in [4.78, 5) is 5.56. The minimum Gasteiger partial charge on any atom is -0.497 e. The number of oxime groups is 1. The van der Waals surface area contributed by atoms with Gasteiger partial charge in [-0.25, -0.2) is 0 Å². The Hall–Kier alpha value is -2.49. The average molecular weight is 283 g/mol. The third-order valence-corrected chi connectivity index (χ3v) is 3.56. The molecule has 0 aromatic heterocycles. The van der Waals surface area contributed by atoms with E-state index in [4.69, 9.17) is 14.3 Å². The summed E-state index contributed by atoms with van der Waals surface area (Å²) in [6.45, 7) is 0. The maximum atomic E-state index is 5.56. The molecule has 21 heavy (non-hydrogen) atoms. The molecule has 4 nitrogen and oxygen atoms in total. The zero-order valence-corrected chi connectivity index (χ0v) is 12.1. The predicted molar refractivity (Wildman–Crippen MR) is 81.0 cm³/mol. The largest absolute Gasteiger partial charge is 0.497 e. The standard InChI is InChI=1S/C17H17NO3/c1-19-13-8-9-14(17(10-13)20-2)15-11-16(21-18-15)12-6-4-3-5-7-12/h3-10,16H,11H2,1-2H3. The van der Waals surface area contributed by atoms with Gasteiger partial charge in [0.2, 0.25) is 0 Å². The van der Waals surface area contributed by atoms with Gasteiger partial charge < -0.3 is 14.3 Å². The second-order valence-corrected chi connectivity index (χ2v) is 4.81. The highest BCUT2D eigenvalue weighted by Gasteiger charge is 2.25. The van der Waals surface area contributed by atoms with Crippen LogP contribution in [-0.4, -0.2) is 19.9 Å². The van der Waals surface area contributed by atoms with Crippen molar-refractivity contribution in [3.8, 4) is 11.5 Å². The van der Waals surface area contributed by atoms with E-state index in [0.29, 0.717) is 0 Å². The molecule has 0 spiro atoms. The Morgan fingerprint density at radius 2 is 1.86 bits per heavy atom. The van der Waals surface area contributed by atoms with Gasteiger partial charge in [-0.2, -0.15) is 0 Å². The average Bonchev–Trinajstić information content (AvgIpc) is 3.04. The molecular formula is C17H17NO3. The van der Waals surface area contributed by atoms with Crippen LogP contribution in [0, 0.1) is 0 Å². The van der Waals surface area contributed by atoms with Gasteiger partial charge in [-0.1, -0.05) is 35.5 Å². The highest BCUT2D eigenvalue weighted by Crippen LogP contribution is 2.33. The van der Waals surface area contributed by atoms with Crippen molar-refractivity contribution in [2.24, 2.45) is 5.16 Å². The molecule has 0 N–H and O–H groups in total. The fourth-order valence-corrected chi connectivity index (χ4v) is 2.42. The van der Waals surface area contributed by atoms with E-state index in [1.165, 1.54) is 0 Å². The van der Waals surface area contributed by atoms with E-state index in [-0.39, 0.29) is 6.10 Å². The molecule has 0 bridgehead atoms. The van der Waals surface area contributed by atoms with Crippen LogP contribution < -0.4 is 9.47 Å². The Labute approximate surface area is 123 Å². The van der Waals surface area contributed by atoms with Gasteiger partial charge in [0.25, 0.3) is 0 Å². The number of nitrogens with zero attached hydrogens (tertiary/aromatic N) is 1. The summed E-state index contributed by atoms with van der Waals surface area (Å²) in [5.74, 6) is 1.50. The summed E-state index contributed by atoms with van der Waals surface area (Å²) in [6, 6.07) is 15.8. The smallest absolute Gasteiger partial charge is 0.158 e. The van der Waals surface area contributed by atoms with Crippen molar-refractivity contribution < 1.29 is 14.3 Å². The van der Waals surface area contributed by atoms with Gasteiger partial charge in [0.1, 0.15) is 11.5 Å². The maximum absolute atomic E-state index is 5.56. The molecule has 3 rings (SSSR count). The molecule has 1 aliphatic heterocycles. The highest BCUT2D eigenvalue weighted by atomic mass is 16.6. The summed E-state index contributed by atoms with van der Waals surface area (Å²) in [7, 11) is 3.28. The van der Waals surface area contributed by atoms with E-state index < -0.39 is 0 Å². The van der Waals surface area contributed by atoms with Crippen molar-refractivity contribution in [2.45, 2.75) is 12.5 Å². The van der Waals surface area contributed by atoms with Crippen molar-refractivity contribution in [1.29, 1.82) is 0 Å². The SMILES string of the molecule is COc1ccc(C2=NOC(c3ccccc3)C2)c(OC)c1. The second kappa shape index (κ2) is 5.87. The Morgan fingerprint density at radius 1 is 1.05 bits per heavy atom. The van der Waals surface area contributed by atoms with Gasteiger partial charge in [-0.05, 0) is 17.7 Å². The monoisotopic (exact) mass is 283 g/mol. The van der Waals surface area contributed by atoms with Gasteiger partial charge in [0.05, 0.1) is 19.9 Å². The lowest BCUT2D eigenvalue weighted by Gasteiger charge is -2.10. The van der Waals surface area contributed by atoms with Crippen molar-refractivity contribution in [2.75, 3.05) is 14.2 Å². The molecule has 0 saturated carbocycles. The number of rotatable bonds is 4. The van der Waals surface area contributed by atoms with E-state index in [1.54, 1.807) is 14.2 Å². The maximum Gasteiger partial charge on any atom is 0.158 e. The molecule has 2 aromatic carbocycles. The molecule has 0 radical (unpaired) electrons. The molecule has 1 atom stereocenters. The highest BCUT2D eigenvalue weighted by molar-refractivity contribution is 6.03. The zero-order chi connectivity index (χ0) is 14.7. The van der Waals surface area contributed by atoms with Crippen LogP contribution in [0.3, 0.4) is 0 Å². The van der Waals surface area contributed by atoms with Gasteiger partial charge in [-0.3, -0.25) is 0 Å². The number of benzene rings is 2. The summed E-state index contributed by atoms with van der Waals surface area (Å²) in [5, 5.41) is 4.22. The Balaban J connectivity index is 1.83. The van der Waals surface area contributed by atoms with Crippen molar-refractivity contribution >= 4 is 5.71 Å². The van der Waals surface area contributed by atoms with E-state index in [2.05, 4.69) is 5.16 Å². The second-order valence-electron chi connectivity index (χ2n) is 4.81. The summed E-state index contributed by atoms with van der Waals surface area (Å²) < 4.78 is 10.6. The van der Waals surface area contributed by atoms with E-state index in [9.17, 15) is 0 Å². The third-order valence-electron chi connectivity index (χ3n) is 3.56. The first-order valence-corrected chi connectivity index (χ1v) is 6.82. The van der Waals surface area contributed by atoms with Gasteiger partial charge in [0.15, 0.2) is 6.10 Å². The van der Waals surface area contributed by atoms with Gasteiger partial charge in [-0.15, -0.1) is 0 Å². The first-order valence-electron chi connectivity index (χ1n) is 6.82. The van der Waals surface area contributed by atoms with Crippen molar-refractivity contribution in [3.05, 3.63) is 59.7 Å². The normalized spacial score (nSPS) is 17.0. The molecular weight excluding hydrogens is 266 g/mol. The quantitative estimate of drug-likeness (QED) is 0.861. The fourth-order valence-electron chi connectivity index (χ4n) is 2.42. The van der Waals surface area contributed by atoms with E-state index in [0.717, 1.165) is 34.8 Å². The van der Waals surface area contributed by atoms with Crippen LogP contribution in [0.15, 0.2) is 53.7 Å². The lowest BCUT2D eigenvalue weighted by atomic mass is 9.99. The van der Waals surface area contributed by atoms with Gasteiger partial charge in [0, 0.05) is 18.1 Å². The zero-order valence-electron chi connectivity index (χ0n) is 12.1. The van der Waals surface area contributed by atoms with Crippen LogP contribution in [-0.2, 0) is 4.84 Å². The molecule has 108 valence electrons. The van der Waals surface area contributed by atoms with Crippen LogP contribution in [0.2, 0.25) is 0 Å². The minimum absolute atomic E-state index is 0.0343. The number of ether oxygens (including phenoxy) is 2. The molecule has 0 amide bonds. The van der Waals surface area contributed by atoms with Crippen LogP contribution >= 0.6 is 0 Å². The molecule has 0 aliphatic carbocycles. The minimum atomic E-state index is -0.0343. The lowest BCUT2D eigenvalue weighted by molar-refractivity contribution is 0.0857. The Kier molecular flexibility index (Phi) is 3.77. The van der Waals surface area contributed by atoms with Crippen LogP contribution in [0.1, 0.15) is 23.7 Å². The molecule has 0 saturated heterocycles. The molecule has 2 aromatic rings. The lowest BCUT2D eigenvalue weighted by Crippen LogP contribution is -2.04. The Morgan fingerprint density at radius 3 is 2.57 bits per heavy atom. The van der Waals surface area contributed by atoms with Gasteiger partial charge >= 0.3 is 0 Å². The van der Waals surface area contributed by atoms with Crippen molar-refractivity contribution in [1.82, 2.24) is 0 Å². The number of methoxy groups -OCH3 is 2. The fraction of sp³-hybridized carbons (Fsp3) is 0.235. The van der Waals surface area contributed by atoms with E-state index >= 15 is 0 Å². The topological polar surface area (TPSA) is 40.0 Å². The predicted octanol–water partition coefficient (Wildman–Crippen LogP) is 3.57. The summed E-state index contributed by atoms with van der Waals surface area (Å²) in [6.07, 6.45) is 0.695. The third kappa shape index (κ3) is 2.70. The molecule has 4 heteroatoms. The van der Waals surface area contributed by atoms with Crippen molar-refractivity contribution in [3.63, 3.8) is 0 Å². The Bertz CT molecular complexity index is 652.